The molecule has 0 atom stereocenters. The molecule has 0 bridgehead atoms. The summed E-state index contributed by atoms with van der Waals surface area (Å²) in [6.07, 6.45) is -1.05. The number of carbonyl (C=O) groups excluding carboxylic acids is 1. The van der Waals surface area contributed by atoms with Crippen LogP contribution in [0.15, 0.2) is 18.7 Å². The summed E-state index contributed by atoms with van der Waals surface area (Å²) < 4.78 is 22.8. The molecule has 5 nitrogen and oxygen atoms in total. The van der Waals surface area contributed by atoms with E-state index in [9.17, 15) is 9.18 Å². The van der Waals surface area contributed by atoms with Crippen LogP contribution in [0.25, 0.3) is 5.76 Å². The highest BCUT2D eigenvalue weighted by atomic mass is 19.1. The first-order chi connectivity index (χ1) is 7.54. The summed E-state index contributed by atoms with van der Waals surface area (Å²) in [4.78, 5) is 13.8. The zero-order chi connectivity index (χ0) is 12.1. The van der Waals surface area contributed by atoms with E-state index in [1.165, 1.54) is 12.1 Å². The molecule has 0 unspecified atom stereocenters. The summed E-state index contributed by atoms with van der Waals surface area (Å²) in [5.74, 6) is -0.881. The average Bonchev–Trinajstić information content (AvgIpc) is 2.16. The first kappa shape index (κ1) is 12.0. The Bertz CT molecular complexity index is 421. The molecule has 1 aromatic heterocycles. The van der Waals surface area contributed by atoms with E-state index in [0.717, 1.165) is 0 Å². The van der Waals surface area contributed by atoms with Gasteiger partial charge in [0.05, 0.1) is 12.2 Å². The van der Waals surface area contributed by atoms with Crippen molar-refractivity contribution in [2.45, 2.75) is 6.92 Å². The number of amides is 1. The van der Waals surface area contributed by atoms with Crippen molar-refractivity contribution in [2.24, 2.45) is 5.73 Å². The molecule has 86 valence electrons. The van der Waals surface area contributed by atoms with Crippen molar-refractivity contribution < 1.29 is 18.7 Å². The van der Waals surface area contributed by atoms with Gasteiger partial charge in [-0.25, -0.2) is 4.79 Å². The fourth-order valence-corrected chi connectivity index (χ4v) is 1.04. The Kier molecular flexibility index (Phi) is 3.82. The Morgan fingerprint density at radius 1 is 1.62 bits per heavy atom. The van der Waals surface area contributed by atoms with E-state index in [1.54, 1.807) is 6.92 Å². The van der Waals surface area contributed by atoms with Gasteiger partial charge in [-0.1, -0.05) is 6.58 Å². The molecule has 1 heterocycles. The van der Waals surface area contributed by atoms with Crippen LogP contribution in [0.1, 0.15) is 12.5 Å². The fourth-order valence-electron chi connectivity index (χ4n) is 1.04. The van der Waals surface area contributed by atoms with Crippen LogP contribution in [-0.2, 0) is 4.74 Å². The van der Waals surface area contributed by atoms with Crippen LogP contribution < -0.4 is 10.5 Å². The molecule has 2 N–H and O–H groups in total. The Labute approximate surface area is 91.7 Å². The molecule has 1 rings (SSSR count). The predicted octanol–water partition coefficient (Wildman–Crippen LogP) is 1.69. The summed E-state index contributed by atoms with van der Waals surface area (Å²) >= 11 is 0. The van der Waals surface area contributed by atoms with Crippen LogP contribution in [0, 0.1) is 5.95 Å². The number of pyridine rings is 1. The molecule has 0 spiro atoms. The summed E-state index contributed by atoms with van der Waals surface area (Å²) in [6.45, 7) is 5.66. The molecule has 6 heteroatoms. The van der Waals surface area contributed by atoms with Crippen molar-refractivity contribution in [3.63, 3.8) is 0 Å². The molecular weight excluding hydrogens is 215 g/mol. The Morgan fingerprint density at radius 3 is 2.81 bits per heavy atom. The van der Waals surface area contributed by atoms with Crippen LogP contribution in [0.4, 0.5) is 9.18 Å². The van der Waals surface area contributed by atoms with Gasteiger partial charge in [0.25, 0.3) is 0 Å². The second kappa shape index (κ2) is 5.11. The maximum atomic E-state index is 13.4. The fraction of sp³-hybridized carbons (Fsp3) is 0.200. The molecule has 1 aromatic rings. The van der Waals surface area contributed by atoms with Gasteiger partial charge >= 0.3 is 6.09 Å². The number of carbonyl (C=O) groups is 1. The normalized spacial score (nSPS) is 9.62. The van der Waals surface area contributed by atoms with Gasteiger partial charge in [0, 0.05) is 6.07 Å². The van der Waals surface area contributed by atoms with Gasteiger partial charge in [-0.2, -0.15) is 9.37 Å². The maximum Gasteiger partial charge on any atom is 0.411 e. The zero-order valence-corrected chi connectivity index (χ0v) is 8.70. The van der Waals surface area contributed by atoms with Crippen LogP contribution >= 0.6 is 0 Å². The zero-order valence-electron chi connectivity index (χ0n) is 8.70. The summed E-state index contributed by atoms with van der Waals surface area (Å²) in [7, 11) is 0. The van der Waals surface area contributed by atoms with E-state index in [1.807, 2.05) is 0 Å². The van der Waals surface area contributed by atoms with E-state index < -0.39 is 12.0 Å². The van der Waals surface area contributed by atoms with E-state index in [-0.39, 0.29) is 17.2 Å². The highest BCUT2D eigenvalue weighted by Crippen LogP contribution is 2.19. The minimum absolute atomic E-state index is 0.110. The molecule has 0 aromatic carbocycles. The first-order valence-electron chi connectivity index (χ1n) is 4.50. The van der Waals surface area contributed by atoms with Gasteiger partial charge in [0.15, 0.2) is 0 Å². The molecular formula is C10H11FN2O3. The van der Waals surface area contributed by atoms with Gasteiger partial charge in [-0.05, 0) is 13.0 Å². The number of aromatic nitrogens is 1. The van der Waals surface area contributed by atoms with Gasteiger partial charge < -0.3 is 15.2 Å². The van der Waals surface area contributed by atoms with Crippen molar-refractivity contribution >= 4 is 11.9 Å². The number of hydrogen-bond acceptors (Lipinski definition) is 4. The van der Waals surface area contributed by atoms with Gasteiger partial charge in [0.1, 0.15) is 5.76 Å². The van der Waals surface area contributed by atoms with Crippen molar-refractivity contribution in [3.05, 3.63) is 30.2 Å². The van der Waals surface area contributed by atoms with Crippen molar-refractivity contribution in [1.29, 1.82) is 0 Å². The third kappa shape index (κ3) is 2.94. The lowest BCUT2D eigenvalue weighted by Crippen LogP contribution is -2.17. The Morgan fingerprint density at radius 2 is 2.31 bits per heavy atom. The molecule has 1 amide bonds. The molecule has 0 aliphatic carbocycles. The van der Waals surface area contributed by atoms with Gasteiger partial charge in [-0.15, -0.1) is 0 Å². The SMILES string of the molecule is C=C(OCC)c1ccc(OC(N)=O)nc1F. The standard InChI is InChI=1S/C10H11FN2O3/c1-3-15-6(2)7-4-5-8(13-9(7)11)16-10(12)14/h4-5H,2-3H2,1H3,(H2,12,14). The smallest absolute Gasteiger partial charge is 0.411 e. The Hall–Kier alpha value is -2.11. The second-order valence-corrected chi connectivity index (χ2v) is 2.77. The molecule has 0 saturated carbocycles. The number of primary amides is 1. The summed E-state index contributed by atoms with van der Waals surface area (Å²) in [5.41, 5.74) is 4.86. The van der Waals surface area contributed by atoms with Crippen LogP contribution in [-0.4, -0.2) is 17.7 Å². The molecule has 16 heavy (non-hydrogen) atoms. The van der Waals surface area contributed by atoms with Crippen LogP contribution in [0.2, 0.25) is 0 Å². The molecule has 0 aliphatic heterocycles. The van der Waals surface area contributed by atoms with E-state index >= 15 is 0 Å². The monoisotopic (exact) mass is 226 g/mol. The lowest BCUT2D eigenvalue weighted by atomic mass is 10.2. The third-order valence-electron chi connectivity index (χ3n) is 1.65. The highest BCUT2D eigenvalue weighted by Gasteiger charge is 2.11. The predicted molar refractivity (Wildman–Crippen MR) is 55.1 cm³/mol. The summed E-state index contributed by atoms with van der Waals surface area (Å²) in [6, 6.07) is 2.64. The molecule has 0 aliphatic rings. The lowest BCUT2D eigenvalue weighted by Gasteiger charge is -2.08. The Balaban J connectivity index is 2.91. The number of hydrogen-bond donors (Lipinski definition) is 1. The molecule has 0 saturated heterocycles. The molecule has 0 radical (unpaired) electrons. The second-order valence-electron chi connectivity index (χ2n) is 2.77. The topological polar surface area (TPSA) is 74.4 Å². The van der Waals surface area contributed by atoms with Crippen molar-refractivity contribution in [1.82, 2.24) is 4.98 Å². The summed E-state index contributed by atoms with van der Waals surface area (Å²) in [5, 5.41) is 0. The maximum absolute atomic E-state index is 13.4. The highest BCUT2D eigenvalue weighted by molar-refractivity contribution is 5.67. The lowest BCUT2D eigenvalue weighted by molar-refractivity contribution is 0.208. The number of rotatable bonds is 4. The number of nitrogens with two attached hydrogens (primary N) is 1. The van der Waals surface area contributed by atoms with E-state index in [4.69, 9.17) is 10.5 Å². The van der Waals surface area contributed by atoms with Gasteiger partial charge in [-0.3, -0.25) is 0 Å². The quantitative estimate of drug-likeness (QED) is 0.626. The number of nitrogens with zero attached hydrogens (tertiary/aromatic N) is 1. The number of ether oxygens (including phenoxy) is 2. The minimum atomic E-state index is -1.05. The van der Waals surface area contributed by atoms with Crippen molar-refractivity contribution in [2.75, 3.05) is 6.61 Å². The van der Waals surface area contributed by atoms with Crippen LogP contribution in [0.3, 0.4) is 0 Å². The largest absolute Gasteiger partial charge is 0.494 e. The van der Waals surface area contributed by atoms with E-state index in [0.29, 0.717) is 6.61 Å². The van der Waals surface area contributed by atoms with E-state index in [2.05, 4.69) is 16.3 Å². The first-order valence-corrected chi connectivity index (χ1v) is 4.50. The number of halogens is 1. The van der Waals surface area contributed by atoms with Gasteiger partial charge in [0.2, 0.25) is 11.8 Å². The third-order valence-corrected chi connectivity index (χ3v) is 1.65. The van der Waals surface area contributed by atoms with Crippen molar-refractivity contribution in [3.8, 4) is 5.88 Å². The average molecular weight is 226 g/mol. The van der Waals surface area contributed by atoms with Crippen LogP contribution in [0.5, 0.6) is 5.88 Å². The molecule has 0 fully saturated rings. The minimum Gasteiger partial charge on any atom is -0.494 e.